The lowest BCUT2D eigenvalue weighted by atomic mass is 10.1. The molecule has 27 heavy (non-hydrogen) atoms. The summed E-state index contributed by atoms with van der Waals surface area (Å²) in [4.78, 5) is 12.4. The van der Waals surface area contributed by atoms with E-state index in [-0.39, 0.29) is 11.7 Å². The Morgan fingerprint density at radius 3 is 1.93 bits per heavy atom. The molecule has 3 aromatic rings. The van der Waals surface area contributed by atoms with Crippen LogP contribution in [0.3, 0.4) is 0 Å². The second-order valence-electron chi connectivity index (χ2n) is 5.73. The van der Waals surface area contributed by atoms with Gasteiger partial charge in [0, 0.05) is 22.6 Å². The maximum atomic E-state index is 12.9. The summed E-state index contributed by atoms with van der Waals surface area (Å²) in [6, 6.07) is 18.3. The van der Waals surface area contributed by atoms with Crippen LogP contribution in [0.25, 0.3) is 0 Å². The second kappa shape index (κ2) is 8.23. The van der Waals surface area contributed by atoms with Gasteiger partial charge < -0.3 is 20.1 Å². The fourth-order valence-corrected chi connectivity index (χ4v) is 2.52. The number of halogens is 1. The lowest BCUT2D eigenvalue weighted by Gasteiger charge is -2.11. The fraction of sp³-hybridized carbons (Fsp3) is 0.0952. The Balaban J connectivity index is 1.67. The number of hydrogen-bond donors (Lipinski definition) is 2. The summed E-state index contributed by atoms with van der Waals surface area (Å²) in [5.41, 5.74) is 2.71. The van der Waals surface area contributed by atoms with Crippen LogP contribution in [-0.4, -0.2) is 20.1 Å². The van der Waals surface area contributed by atoms with Crippen molar-refractivity contribution in [3.05, 3.63) is 78.1 Å². The normalized spacial score (nSPS) is 10.2. The number of rotatable bonds is 6. The summed E-state index contributed by atoms with van der Waals surface area (Å²) < 4.78 is 23.3. The predicted octanol–water partition coefficient (Wildman–Crippen LogP) is 4.84. The molecule has 0 aliphatic heterocycles. The second-order valence-corrected chi connectivity index (χ2v) is 5.73. The molecule has 0 spiro atoms. The largest absolute Gasteiger partial charge is 0.493 e. The molecule has 138 valence electrons. The number of anilines is 3. The van der Waals surface area contributed by atoms with Gasteiger partial charge in [-0.25, -0.2) is 4.39 Å². The number of hydrogen-bond acceptors (Lipinski definition) is 4. The highest BCUT2D eigenvalue weighted by Gasteiger charge is 2.11. The van der Waals surface area contributed by atoms with Crippen molar-refractivity contribution >= 4 is 23.0 Å². The maximum absolute atomic E-state index is 12.9. The van der Waals surface area contributed by atoms with Crippen LogP contribution in [0.1, 0.15) is 10.4 Å². The van der Waals surface area contributed by atoms with Crippen molar-refractivity contribution in [3.63, 3.8) is 0 Å². The Kier molecular flexibility index (Phi) is 5.56. The lowest BCUT2D eigenvalue weighted by molar-refractivity contribution is 0.102. The standard InChI is InChI=1S/C21H19FN2O3/c1-26-19-12-3-14(13-20(19)27-2)21(25)24-18-10-8-17(9-11-18)23-16-6-4-15(22)5-7-16/h3-13,23H,1-2H3,(H,24,25). The van der Waals surface area contributed by atoms with E-state index in [1.54, 1.807) is 49.6 Å². The number of nitrogens with one attached hydrogen (secondary N) is 2. The molecule has 1 amide bonds. The molecule has 3 rings (SSSR count). The van der Waals surface area contributed by atoms with Crippen molar-refractivity contribution in [1.29, 1.82) is 0 Å². The summed E-state index contributed by atoms with van der Waals surface area (Å²) in [6.07, 6.45) is 0. The van der Waals surface area contributed by atoms with Gasteiger partial charge in [0.1, 0.15) is 5.82 Å². The highest BCUT2D eigenvalue weighted by atomic mass is 19.1. The first-order valence-corrected chi connectivity index (χ1v) is 8.25. The first kappa shape index (κ1) is 18.3. The molecule has 0 saturated carbocycles. The van der Waals surface area contributed by atoms with Gasteiger partial charge in [0.2, 0.25) is 0 Å². The molecule has 0 bridgehead atoms. The van der Waals surface area contributed by atoms with Crippen molar-refractivity contribution in [2.75, 3.05) is 24.9 Å². The average molecular weight is 366 g/mol. The smallest absolute Gasteiger partial charge is 0.255 e. The molecule has 2 N–H and O–H groups in total. The molecule has 6 heteroatoms. The van der Waals surface area contributed by atoms with E-state index in [4.69, 9.17) is 9.47 Å². The van der Waals surface area contributed by atoms with Crippen LogP contribution in [0.15, 0.2) is 66.7 Å². The maximum Gasteiger partial charge on any atom is 0.255 e. The molecule has 0 radical (unpaired) electrons. The van der Waals surface area contributed by atoms with E-state index in [0.717, 1.165) is 11.4 Å². The molecule has 0 aliphatic rings. The Labute approximate surface area is 156 Å². The summed E-state index contributed by atoms with van der Waals surface area (Å²) in [6.45, 7) is 0. The van der Waals surface area contributed by atoms with Crippen molar-refractivity contribution in [2.24, 2.45) is 0 Å². The Morgan fingerprint density at radius 2 is 1.33 bits per heavy atom. The topological polar surface area (TPSA) is 59.6 Å². The third-order valence-corrected chi connectivity index (χ3v) is 3.92. The highest BCUT2D eigenvalue weighted by Crippen LogP contribution is 2.28. The van der Waals surface area contributed by atoms with Crippen molar-refractivity contribution < 1.29 is 18.7 Å². The molecule has 0 aliphatic carbocycles. The minimum atomic E-state index is -0.284. The Hall–Kier alpha value is -3.54. The zero-order valence-electron chi connectivity index (χ0n) is 15.0. The minimum absolute atomic E-state index is 0.254. The third-order valence-electron chi connectivity index (χ3n) is 3.92. The van der Waals surface area contributed by atoms with E-state index in [9.17, 15) is 9.18 Å². The third kappa shape index (κ3) is 4.55. The molecule has 0 saturated heterocycles. The van der Waals surface area contributed by atoms with Gasteiger partial charge >= 0.3 is 0 Å². The van der Waals surface area contributed by atoms with Gasteiger partial charge in [0.05, 0.1) is 14.2 Å². The Bertz CT molecular complexity index is 925. The van der Waals surface area contributed by atoms with Gasteiger partial charge in [-0.15, -0.1) is 0 Å². The number of carbonyl (C=O) groups excluding carboxylic acids is 1. The van der Waals surface area contributed by atoms with Crippen molar-refractivity contribution in [2.45, 2.75) is 0 Å². The quantitative estimate of drug-likeness (QED) is 0.655. The van der Waals surface area contributed by atoms with Crippen LogP contribution in [0, 0.1) is 5.82 Å². The van der Waals surface area contributed by atoms with Gasteiger partial charge in [-0.1, -0.05) is 0 Å². The van der Waals surface area contributed by atoms with E-state index >= 15 is 0 Å². The summed E-state index contributed by atoms with van der Waals surface area (Å²) in [5, 5.41) is 5.99. The number of ether oxygens (including phenoxy) is 2. The van der Waals surface area contributed by atoms with Gasteiger partial charge in [0.15, 0.2) is 11.5 Å². The molecule has 0 fully saturated rings. The number of benzene rings is 3. The molecule has 0 atom stereocenters. The zero-order chi connectivity index (χ0) is 19.2. The molecule has 0 unspecified atom stereocenters. The van der Waals surface area contributed by atoms with Crippen molar-refractivity contribution in [3.8, 4) is 11.5 Å². The number of amides is 1. The van der Waals surface area contributed by atoms with E-state index in [0.29, 0.717) is 22.7 Å². The number of carbonyl (C=O) groups is 1. The van der Waals surface area contributed by atoms with E-state index in [2.05, 4.69) is 10.6 Å². The molecule has 3 aromatic carbocycles. The van der Waals surface area contributed by atoms with Crippen LogP contribution >= 0.6 is 0 Å². The lowest BCUT2D eigenvalue weighted by Crippen LogP contribution is -2.12. The molecule has 0 heterocycles. The minimum Gasteiger partial charge on any atom is -0.493 e. The van der Waals surface area contributed by atoms with Crippen LogP contribution in [0.4, 0.5) is 21.5 Å². The van der Waals surface area contributed by atoms with Crippen LogP contribution in [0.5, 0.6) is 11.5 Å². The van der Waals surface area contributed by atoms with E-state index < -0.39 is 0 Å². The van der Waals surface area contributed by atoms with Crippen LogP contribution in [-0.2, 0) is 0 Å². The van der Waals surface area contributed by atoms with E-state index in [1.807, 2.05) is 12.1 Å². The van der Waals surface area contributed by atoms with Crippen LogP contribution < -0.4 is 20.1 Å². The van der Waals surface area contributed by atoms with Gasteiger partial charge in [-0.3, -0.25) is 4.79 Å². The highest BCUT2D eigenvalue weighted by molar-refractivity contribution is 6.04. The van der Waals surface area contributed by atoms with E-state index in [1.165, 1.54) is 19.2 Å². The summed E-state index contributed by atoms with van der Waals surface area (Å²) in [5.74, 6) is 0.512. The van der Waals surface area contributed by atoms with Gasteiger partial charge in [-0.2, -0.15) is 0 Å². The fourth-order valence-electron chi connectivity index (χ4n) is 2.52. The first-order chi connectivity index (χ1) is 13.1. The van der Waals surface area contributed by atoms with Crippen molar-refractivity contribution in [1.82, 2.24) is 0 Å². The Morgan fingerprint density at radius 1 is 0.778 bits per heavy atom. The predicted molar refractivity (Wildman–Crippen MR) is 104 cm³/mol. The van der Waals surface area contributed by atoms with Crippen LogP contribution in [0.2, 0.25) is 0 Å². The van der Waals surface area contributed by atoms with Gasteiger partial charge in [0.25, 0.3) is 5.91 Å². The molecular weight excluding hydrogens is 347 g/mol. The molecule has 0 aromatic heterocycles. The van der Waals surface area contributed by atoms with Gasteiger partial charge in [-0.05, 0) is 66.7 Å². The first-order valence-electron chi connectivity index (χ1n) is 8.25. The summed E-state index contributed by atoms with van der Waals surface area (Å²) in [7, 11) is 3.06. The zero-order valence-corrected chi connectivity index (χ0v) is 15.0. The summed E-state index contributed by atoms with van der Waals surface area (Å²) >= 11 is 0. The average Bonchev–Trinajstić information content (AvgIpc) is 2.70. The SMILES string of the molecule is COc1ccc(C(=O)Nc2ccc(Nc3ccc(F)cc3)cc2)cc1OC. The molecular formula is C21H19FN2O3. The number of methoxy groups -OCH3 is 2. The monoisotopic (exact) mass is 366 g/mol. The molecule has 5 nitrogen and oxygen atoms in total.